The summed E-state index contributed by atoms with van der Waals surface area (Å²) < 4.78 is 13.3. The number of rotatable bonds is 0. The van der Waals surface area contributed by atoms with Gasteiger partial charge in [-0.1, -0.05) is 0 Å². The van der Waals surface area contributed by atoms with Gasteiger partial charge in [-0.2, -0.15) is 0 Å². The van der Waals surface area contributed by atoms with Gasteiger partial charge in [-0.05, 0) is 57.3 Å². The van der Waals surface area contributed by atoms with Crippen LogP contribution in [0.5, 0.6) is 11.5 Å². The lowest BCUT2D eigenvalue weighted by atomic mass is 10.3. The van der Waals surface area contributed by atoms with Gasteiger partial charge in [0.05, 0.1) is 0 Å². The zero-order chi connectivity index (χ0) is 8.55. The van der Waals surface area contributed by atoms with Crippen molar-refractivity contribution >= 4 is 45.2 Å². The third-order valence-corrected chi connectivity index (χ3v) is 4.40. The third-order valence-electron chi connectivity index (χ3n) is 1.59. The minimum atomic E-state index is 0.656. The Kier molecular flexibility index (Phi) is 2.63. The second kappa shape index (κ2) is 3.57. The molecule has 1 aliphatic heterocycles. The Balaban J connectivity index is 2.49. The van der Waals surface area contributed by atoms with Crippen molar-refractivity contribution in [2.45, 2.75) is 0 Å². The number of fused-ring (bicyclic) bond motifs is 1. The molecule has 0 saturated carbocycles. The average molecular weight is 388 g/mol. The van der Waals surface area contributed by atoms with E-state index < -0.39 is 0 Å². The monoisotopic (exact) mass is 388 g/mol. The molecule has 0 aromatic heterocycles. The number of halogens is 2. The Hall–Kier alpha value is 0.280. The first kappa shape index (κ1) is 8.86. The van der Waals surface area contributed by atoms with E-state index in [-0.39, 0.29) is 0 Å². The minimum absolute atomic E-state index is 0.656. The molecule has 0 amide bonds. The largest absolute Gasteiger partial charge is 0.486 e. The molecule has 0 unspecified atom stereocenters. The summed E-state index contributed by atoms with van der Waals surface area (Å²) in [4.78, 5) is 0. The molecule has 0 bridgehead atoms. The smallest absolute Gasteiger partial charge is 0.162 e. The molecule has 0 spiro atoms. The topological polar surface area (TPSA) is 18.5 Å². The van der Waals surface area contributed by atoms with Crippen LogP contribution in [0.2, 0.25) is 0 Å². The van der Waals surface area contributed by atoms with Gasteiger partial charge in [0.2, 0.25) is 0 Å². The number of benzene rings is 1. The Morgan fingerprint density at radius 2 is 1.33 bits per heavy atom. The van der Waals surface area contributed by atoms with Gasteiger partial charge < -0.3 is 9.47 Å². The van der Waals surface area contributed by atoms with Crippen molar-refractivity contribution in [3.05, 3.63) is 19.3 Å². The summed E-state index contributed by atoms with van der Waals surface area (Å²) in [6.45, 7) is 1.31. The molecule has 2 rings (SSSR count). The van der Waals surface area contributed by atoms with E-state index in [1.807, 2.05) is 12.1 Å². The quantitative estimate of drug-likeness (QED) is 0.637. The van der Waals surface area contributed by atoms with E-state index in [0.717, 1.165) is 11.5 Å². The zero-order valence-corrected chi connectivity index (χ0v) is 10.5. The van der Waals surface area contributed by atoms with E-state index in [9.17, 15) is 0 Å². The predicted molar refractivity (Wildman–Crippen MR) is 62.9 cm³/mol. The first-order chi connectivity index (χ1) is 5.77. The fourth-order valence-electron chi connectivity index (χ4n) is 1.04. The summed E-state index contributed by atoms with van der Waals surface area (Å²) in [5, 5.41) is 0. The standard InChI is InChI=1S/C8H6I2O2/c9-5-3-7-8(4-6(5)10)12-2-1-11-7/h3-4H,1-2H2. The molecule has 1 heterocycles. The molecule has 0 atom stereocenters. The van der Waals surface area contributed by atoms with Crippen molar-refractivity contribution in [1.82, 2.24) is 0 Å². The second-order valence-corrected chi connectivity index (χ2v) is 4.73. The number of hydrogen-bond donors (Lipinski definition) is 0. The maximum Gasteiger partial charge on any atom is 0.162 e. The molecule has 0 N–H and O–H groups in total. The maximum atomic E-state index is 5.43. The Bertz CT molecular complexity index is 281. The highest BCUT2D eigenvalue weighted by Gasteiger charge is 2.13. The maximum absolute atomic E-state index is 5.43. The first-order valence-electron chi connectivity index (χ1n) is 3.52. The van der Waals surface area contributed by atoms with Crippen LogP contribution in [-0.2, 0) is 0 Å². The zero-order valence-electron chi connectivity index (χ0n) is 6.14. The van der Waals surface area contributed by atoms with E-state index in [2.05, 4.69) is 45.2 Å². The summed E-state index contributed by atoms with van der Waals surface area (Å²) in [5.41, 5.74) is 0. The predicted octanol–water partition coefficient (Wildman–Crippen LogP) is 2.67. The van der Waals surface area contributed by atoms with Crippen LogP contribution >= 0.6 is 45.2 Å². The lowest BCUT2D eigenvalue weighted by molar-refractivity contribution is 0.171. The van der Waals surface area contributed by atoms with Crippen LogP contribution in [0.1, 0.15) is 0 Å². The number of hydrogen-bond acceptors (Lipinski definition) is 2. The molecule has 0 fully saturated rings. The van der Waals surface area contributed by atoms with E-state index >= 15 is 0 Å². The van der Waals surface area contributed by atoms with Crippen LogP contribution in [-0.4, -0.2) is 13.2 Å². The summed E-state index contributed by atoms with van der Waals surface area (Å²) in [6, 6.07) is 4.02. The molecule has 1 aromatic rings. The summed E-state index contributed by atoms with van der Waals surface area (Å²) in [6.07, 6.45) is 0. The highest BCUT2D eigenvalue weighted by atomic mass is 127. The lowest BCUT2D eigenvalue weighted by Crippen LogP contribution is -2.15. The molecule has 0 aliphatic carbocycles. The molecule has 64 valence electrons. The van der Waals surface area contributed by atoms with Crippen LogP contribution in [0.25, 0.3) is 0 Å². The lowest BCUT2D eigenvalue weighted by Gasteiger charge is -2.18. The van der Waals surface area contributed by atoms with Crippen molar-refractivity contribution in [2.24, 2.45) is 0 Å². The Morgan fingerprint density at radius 3 is 1.75 bits per heavy atom. The van der Waals surface area contributed by atoms with Gasteiger partial charge in [0, 0.05) is 7.14 Å². The molecule has 0 saturated heterocycles. The van der Waals surface area contributed by atoms with E-state index in [1.54, 1.807) is 0 Å². The van der Waals surface area contributed by atoms with Gasteiger partial charge in [0.25, 0.3) is 0 Å². The molecule has 0 radical (unpaired) electrons. The van der Waals surface area contributed by atoms with E-state index in [4.69, 9.17) is 9.47 Å². The van der Waals surface area contributed by atoms with Crippen LogP contribution in [0.15, 0.2) is 12.1 Å². The summed E-state index contributed by atoms with van der Waals surface area (Å²) in [5.74, 6) is 1.73. The van der Waals surface area contributed by atoms with E-state index in [1.165, 1.54) is 7.14 Å². The van der Waals surface area contributed by atoms with Crippen LogP contribution < -0.4 is 9.47 Å². The average Bonchev–Trinajstić information content (AvgIpc) is 2.07. The fraction of sp³-hybridized carbons (Fsp3) is 0.250. The van der Waals surface area contributed by atoms with Crippen molar-refractivity contribution in [3.63, 3.8) is 0 Å². The molecular weight excluding hydrogens is 382 g/mol. The van der Waals surface area contributed by atoms with Gasteiger partial charge in [-0.15, -0.1) is 0 Å². The Labute approximate surface area is 97.9 Å². The first-order valence-corrected chi connectivity index (χ1v) is 5.68. The van der Waals surface area contributed by atoms with Gasteiger partial charge in [-0.25, -0.2) is 0 Å². The van der Waals surface area contributed by atoms with Crippen LogP contribution in [0.3, 0.4) is 0 Å². The third kappa shape index (κ3) is 1.63. The van der Waals surface area contributed by atoms with Crippen molar-refractivity contribution < 1.29 is 9.47 Å². The molecule has 4 heteroatoms. The molecule has 12 heavy (non-hydrogen) atoms. The molecule has 2 nitrogen and oxygen atoms in total. The van der Waals surface area contributed by atoms with Crippen molar-refractivity contribution in [1.29, 1.82) is 0 Å². The molecule has 1 aliphatic rings. The van der Waals surface area contributed by atoms with Crippen LogP contribution in [0, 0.1) is 7.14 Å². The van der Waals surface area contributed by atoms with Gasteiger partial charge in [0.15, 0.2) is 11.5 Å². The van der Waals surface area contributed by atoms with Crippen molar-refractivity contribution in [3.8, 4) is 11.5 Å². The minimum Gasteiger partial charge on any atom is -0.486 e. The highest BCUT2D eigenvalue weighted by molar-refractivity contribution is 14.1. The SMILES string of the molecule is Ic1cc2c(cc1I)OCCO2. The number of ether oxygens (including phenoxy) is 2. The normalized spacial score (nSPS) is 14.5. The highest BCUT2D eigenvalue weighted by Crippen LogP contribution is 2.34. The van der Waals surface area contributed by atoms with Gasteiger partial charge >= 0.3 is 0 Å². The van der Waals surface area contributed by atoms with Gasteiger partial charge in [0.1, 0.15) is 13.2 Å². The fourth-order valence-corrected chi connectivity index (χ4v) is 1.92. The molecule has 1 aromatic carbocycles. The summed E-state index contributed by atoms with van der Waals surface area (Å²) >= 11 is 4.57. The second-order valence-electron chi connectivity index (χ2n) is 2.41. The summed E-state index contributed by atoms with van der Waals surface area (Å²) in [7, 11) is 0. The van der Waals surface area contributed by atoms with Crippen molar-refractivity contribution in [2.75, 3.05) is 13.2 Å². The molecular formula is C8H6I2O2. The van der Waals surface area contributed by atoms with E-state index in [0.29, 0.717) is 13.2 Å². The Morgan fingerprint density at radius 1 is 0.917 bits per heavy atom. The van der Waals surface area contributed by atoms with Crippen LogP contribution in [0.4, 0.5) is 0 Å². The van der Waals surface area contributed by atoms with Gasteiger partial charge in [-0.3, -0.25) is 0 Å².